The molecule has 1 rings (SSSR count). The minimum Gasteiger partial charge on any atom is -0.457 e. The molecule has 0 aliphatic carbocycles. The standard InChI is InChI=1S/C15H20O2/c1-5-6-15(17-12(4)16)14-9-7-13(8-10-14)11(2)3/h5,7-11,15H,1,6H2,2-4H3/t15-/m1/s1. The van der Waals surface area contributed by atoms with Crippen LogP contribution >= 0.6 is 0 Å². The molecule has 0 amide bonds. The monoisotopic (exact) mass is 232 g/mol. The van der Waals surface area contributed by atoms with Crippen molar-refractivity contribution in [3.05, 3.63) is 48.0 Å². The van der Waals surface area contributed by atoms with Gasteiger partial charge in [-0.25, -0.2) is 0 Å². The van der Waals surface area contributed by atoms with Crippen LogP contribution in [0.3, 0.4) is 0 Å². The number of esters is 1. The number of benzene rings is 1. The zero-order valence-corrected chi connectivity index (χ0v) is 10.8. The van der Waals surface area contributed by atoms with Crippen molar-refractivity contribution in [2.75, 3.05) is 0 Å². The summed E-state index contributed by atoms with van der Waals surface area (Å²) in [6.07, 6.45) is 2.19. The van der Waals surface area contributed by atoms with E-state index in [-0.39, 0.29) is 12.1 Å². The van der Waals surface area contributed by atoms with Crippen molar-refractivity contribution in [3.63, 3.8) is 0 Å². The molecule has 0 spiro atoms. The number of carbonyl (C=O) groups excluding carboxylic acids is 1. The maximum absolute atomic E-state index is 11.0. The van der Waals surface area contributed by atoms with E-state index in [1.165, 1.54) is 12.5 Å². The van der Waals surface area contributed by atoms with Crippen LogP contribution in [0, 0.1) is 0 Å². The summed E-state index contributed by atoms with van der Waals surface area (Å²) in [6.45, 7) is 9.43. The van der Waals surface area contributed by atoms with Crippen molar-refractivity contribution >= 4 is 5.97 Å². The van der Waals surface area contributed by atoms with Crippen molar-refractivity contribution < 1.29 is 9.53 Å². The lowest BCUT2D eigenvalue weighted by molar-refractivity contribution is -0.146. The summed E-state index contributed by atoms with van der Waals surface area (Å²) in [5.74, 6) is 0.250. The molecule has 2 heteroatoms. The van der Waals surface area contributed by atoms with Crippen LogP contribution in [0.2, 0.25) is 0 Å². The molecule has 0 bridgehead atoms. The molecule has 0 heterocycles. The summed E-state index contributed by atoms with van der Waals surface area (Å²) in [6, 6.07) is 8.21. The Morgan fingerprint density at radius 1 is 1.29 bits per heavy atom. The van der Waals surface area contributed by atoms with Crippen LogP contribution in [0.1, 0.15) is 50.3 Å². The summed E-state index contributed by atoms with van der Waals surface area (Å²) in [5.41, 5.74) is 2.30. The molecule has 1 aromatic rings. The first-order valence-corrected chi connectivity index (χ1v) is 5.92. The molecule has 0 unspecified atom stereocenters. The molecule has 0 aliphatic heterocycles. The number of rotatable bonds is 5. The molecule has 92 valence electrons. The second-order valence-corrected chi connectivity index (χ2v) is 4.44. The summed E-state index contributed by atoms with van der Waals surface area (Å²) in [5, 5.41) is 0. The first-order chi connectivity index (χ1) is 8.04. The molecule has 0 aromatic heterocycles. The van der Waals surface area contributed by atoms with Gasteiger partial charge < -0.3 is 4.74 Å². The maximum atomic E-state index is 11.0. The van der Waals surface area contributed by atoms with Gasteiger partial charge in [-0.05, 0) is 17.0 Å². The van der Waals surface area contributed by atoms with Gasteiger partial charge in [-0.3, -0.25) is 4.79 Å². The maximum Gasteiger partial charge on any atom is 0.303 e. The van der Waals surface area contributed by atoms with E-state index in [0.29, 0.717) is 12.3 Å². The topological polar surface area (TPSA) is 26.3 Å². The Balaban J connectivity index is 2.86. The second-order valence-electron chi connectivity index (χ2n) is 4.44. The van der Waals surface area contributed by atoms with Crippen molar-refractivity contribution in [2.24, 2.45) is 0 Å². The van der Waals surface area contributed by atoms with Gasteiger partial charge in [0.15, 0.2) is 0 Å². The molecule has 17 heavy (non-hydrogen) atoms. The van der Waals surface area contributed by atoms with Crippen molar-refractivity contribution in [1.29, 1.82) is 0 Å². The van der Waals surface area contributed by atoms with Gasteiger partial charge in [0.2, 0.25) is 0 Å². The first kappa shape index (κ1) is 13.5. The Morgan fingerprint density at radius 2 is 1.82 bits per heavy atom. The normalized spacial score (nSPS) is 12.2. The fourth-order valence-corrected chi connectivity index (χ4v) is 1.70. The third kappa shape index (κ3) is 4.06. The average molecular weight is 232 g/mol. The Hall–Kier alpha value is -1.57. The van der Waals surface area contributed by atoms with Gasteiger partial charge >= 0.3 is 5.97 Å². The summed E-state index contributed by atoms with van der Waals surface area (Å²) in [4.78, 5) is 11.0. The van der Waals surface area contributed by atoms with E-state index >= 15 is 0 Å². The van der Waals surface area contributed by atoms with Crippen LogP contribution in [0.4, 0.5) is 0 Å². The van der Waals surface area contributed by atoms with Crippen LogP contribution in [-0.4, -0.2) is 5.97 Å². The van der Waals surface area contributed by atoms with Gasteiger partial charge in [0.25, 0.3) is 0 Å². The van der Waals surface area contributed by atoms with Crippen molar-refractivity contribution in [2.45, 2.75) is 39.2 Å². The summed E-state index contributed by atoms with van der Waals surface area (Å²) >= 11 is 0. The number of ether oxygens (including phenoxy) is 1. The zero-order valence-electron chi connectivity index (χ0n) is 10.8. The highest BCUT2D eigenvalue weighted by Gasteiger charge is 2.13. The Labute approximate surface area is 103 Å². The SMILES string of the molecule is C=CC[C@@H](OC(C)=O)c1ccc(C(C)C)cc1. The van der Waals surface area contributed by atoms with Crippen LogP contribution in [-0.2, 0) is 9.53 Å². The van der Waals surface area contributed by atoms with E-state index in [9.17, 15) is 4.79 Å². The van der Waals surface area contributed by atoms with Crippen LogP contribution < -0.4 is 0 Å². The van der Waals surface area contributed by atoms with Crippen LogP contribution in [0.15, 0.2) is 36.9 Å². The number of hydrogen-bond acceptors (Lipinski definition) is 2. The lowest BCUT2D eigenvalue weighted by Gasteiger charge is -2.16. The highest BCUT2D eigenvalue weighted by Crippen LogP contribution is 2.24. The van der Waals surface area contributed by atoms with Crippen molar-refractivity contribution in [3.8, 4) is 0 Å². The molecule has 1 aromatic carbocycles. The minimum atomic E-state index is -0.259. The predicted octanol–water partition coefficient (Wildman–Crippen LogP) is 3.99. The van der Waals surface area contributed by atoms with E-state index in [4.69, 9.17) is 4.74 Å². The van der Waals surface area contributed by atoms with Gasteiger partial charge in [-0.2, -0.15) is 0 Å². The Bertz CT molecular complexity index is 376. The average Bonchev–Trinajstić information content (AvgIpc) is 2.28. The minimum absolute atomic E-state index is 0.216. The van der Waals surface area contributed by atoms with Crippen molar-refractivity contribution in [1.82, 2.24) is 0 Å². The van der Waals surface area contributed by atoms with Gasteiger partial charge in [0, 0.05) is 13.3 Å². The largest absolute Gasteiger partial charge is 0.457 e. The zero-order chi connectivity index (χ0) is 12.8. The van der Waals surface area contributed by atoms with E-state index in [1.807, 2.05) is 12.1 Å². The molecule has 2 nitrogen and oxygen atoms in total. The summed E-state index contributed by atoms with van der Waals surface area (Å²) < 4.78 is 5.27. The summed E-state index contributed by atoms with van der Waals surface area (Å²) in [7, 11) is 0. The highest BCUT2D eigenvalue weighted by atomic mass is 16.5. The fraction of sp³-hybridized carbons (Fsp3) is 0.400. The highest BCUT2D eigenvalue weighted by molar-refractivity contribution is 5.66. The van der Waals surface area contributed by atoms with Crippen LogP contribution in [0.25, 0.3) is 0 Å². The van der Waals surface area contributed by atoms with E-state index in [0.717, 1.165) is 5.56 Å². The number of carbonyl (C=O) groups is 1. The lowest BCUT2D eigenvalue weighted by Crippen LogP contribution is -2.07. The first-order valence-electron chi connectivity index (χ1n) is 5.92. The molecule has 0 saturated heterocycles. The quantitative estimate of drug-likeness (QED) is 0.566. The third-order valence-electron chi connectivity index (χ3n) is 2.66. The molecule has 0 N–H and O–H groups in total. The van der Waals surface area contributed by atoms with Gasteiger partial charge in [0.1, 0.15) is 6.10 Å². The fourth-order valence-electron chi connectivity index (χ4n) is 1.70. The Kier molecular flexibility index (Phi) is 4.95. The lowest BCUT2D eigenvalue weighted by atomic mass is 9.99. The van der Waals surface area contributed by atoms with E-state index in [1.54, 1.807) is 6.08 Å². The van der Waals surface area contributed by atoms with Gasteiger partial charge in [-0.1, -0.05) is 44.2 Å². The molecule has 0 saturated carbocycles. The smallest absolute Gasteiger partial charge is 0.303 e. The molecule has 0 radical (unpaired) electrons. The van der Waals surface area contributed by atoms with Gasteiger partial charge in [-0.15, -0.1) is 6.58 Å². The Morgan fingerprint density at radius 3 is 2.24 bits per heavy atom. The molecular formula is C15H20O2. The van der Waals surface area contributed by atoms with Crippen LogP contribution in [0.5, 0.6) is 0 Å². The van der Waals surface area contributed by atoms with E-state index < -0.39 is 0 Å². The molecule has 0 aliphatic rings. The molecular weight excluding hydrogens is 212 g/mol. The predicted molar refractivity (Wildman–Crippen MR) is 69.9 cm³/mol. The van der Waals surface area contributed by atoms with Gasteiger partial charge in [0.05, 0.1) is 0 Å². The van der Waals surface area contributed by atoms with E-state index in [2.05, 4.69) is 32.6 Å². The molecule has 1 atom stereocenters. The third-order valence-corrected chi connectivity index (χ3v) is 2.66. The number of hydrogen-bond donors (Lipinski definition) is 0. The second kappa shape index (κ2) is 6.24. The molecule has 0 fully saturated rings.